The van der Waals surface area contributed by atoms with Gasteiger partial charge in [-0.1, -0.05) is 40.2 Å². The number of nitrogens with one attached hydrogen (secondary N) is 1. The fourth-order valence-corrected chi connectivity index (χ4v) is 2.10. The third-order valence-corrected chi connectivity index (χ3v) is 3.49. The molecule has 0 aliphatic rings. The topological polar surface area (TPSA) is 41.5 Å². The molecule has 0 aromatic heterocycles. The third kappa shape index (κ3) is 3.78. The van der Waals surface area contributed by atoms with Crippen LogP contribution >= 0.6 is 15.9 Å². The molecule has 0 aliphatic heterocycles. The van der Waals surface area contributed by atoms with E-state index in [0.29, 0.717) is 5.56 Å². The summed E-state index contributed by atoms with van der Waals surface area (Å²) in [6.07, 6.45) is 1.64. The fourth-order valence-electron chi connectivity index (χ4n) is 1.70. The molecule has 0 atom stereocenters. The van der Waals surface area contributed by atoms with E-state index in [1.165, 1.54) is 11.1 Å². The van der Waals surface area contributed by atoms with Crippen LogP contribution < -0.4 is 5.43 Å². The number of benzene rings is 2. The summed E-state index contributed by atoms with van der Waals surface area (Å²) in [5, 5.41) is 3.98. The number of rotatable bonds is 3. The van der Waals surface area contributed by atoms with Gasteiger partial charge in [0.2, 0.25) is 0 Å². The van der Waals surface area contributed by atoms with E-state index in [0.717, 1.165) is 10.0 Å². The van der Waals surface area contributed by atoms with Crippen molar-refractivity contribution in [2.45, 2.75) is 13.8 Å². The van der Waals surface area contributed by atoms with Crippen molar-refractivity contribution in [1.29, 1.82) is 0 Å². The van der Waals surface area contributed by atoms with E-state index in [1.54, 1.807) is 18.3 Å². The maximum Gasteiger partial charge on any atom is 0.271 e. The molecule has 1 N–H and O–H groups in total. The van der Waals surface area contributed by atoms with E-state index >= 15 is 0 Å². The van der Waals surface area contributed by atoms with Crippen LogP contribution in [0.2, 0.25) is 0 Å². The summed E-state index contributed by atoms with van der Waals surface area (Å²) < 4.78 is 0.864. The number of hydrazone groups is 1. The quantitative estimate of drug-likeness (QED) is 0.674. The minimum absolute atomic E-state index is 0.230. The number of hydrogen-bond acceptors (Lipinski definition) is 2. The zero-order valence-electron chi connectivity index (χ0n) is 11.4. The van der Waals surface area contributed by atoms with E-state index in [9.17, 15) is 4.79 Å². The summed E-state index contributed by atoms with van der Waals surface area (Å²) >= 11 is 3.33. The first kappa shape index (κ1) is 14.5. The number of carbonyl (C=O) groups excluding carboxylic acids is 1. The molecule has 20 heavy (non-hydrogen) atoms. The smallest absolute Gasteiger partial charge is 0.267 e. The molecule has 2 rings (SSSR count). The van der Waals surface area contributed by atoms with Crippen LogP contribution in [0.3, 0.4) is 0 Å². The maximum absolute atomic E-state index is 11.9. The predicted molar refractivity (Wildman–Crippen MR) is 85.1 cm³/mol. The molecule has 0 spiro atoms. The summed E-state index contributed by atoms with van der Waals surface area (Å²) in [6, 6.07) is 13.2. The highest BCUT2D eigenvalue weighted by molar-refractivity contribution is 9.10. The Morgan fingerprint density at radius 2 is 1.95 bits per heavy atom. The highest BCUT2D eigenvalue weighted by atomic mass is 79.9. The molecule has 0 saturated heterocycles. The number of carbonyl (C=O) groups is 1. The van der Waals surface area contributed by atoms with E-state index < -0.39 is 0 Å². The van der Waals surface area contributed by atoms with Gasteiger partial charge in [-0.25, -0.2) is 5.43 Å². The summed E-state index contributed by atoms with van der Waals surface area (Å²) in [6.45, 7) is 4.11. The molecular weight excluding hydrogens is 316 g/mol. The van der Waals surface area contributed by atoms with Gasteiger partial charge in [0.05, 0.1) is 6.21 Å². The molecule has 0 saturated carbocycles. The van der Waals surface area contributed by atoms with Gasteiger partial charge < -0.3 is 0 Å². The number of halogens is 1. The Hall–Kier alpha value is -1.94. The van der Waals surface area contributed by atoms with Crippen LogP contribution in [0.5, 0.6) is 0 Å². The molecule has 2 aromatic rings. The van der Waals surface area contributed by atoms with Crippen LogP contribution in [-0.2, 0) is 0 Å². The Morgan fingerprint density at radius 3 is 2.65 bits per heavy atom. The van der Waals surface area contributed by atoms with Gasteiger partial charge in [0.1, 0.15) is 0 Å². The van der Waals surface area contributed by atoms with Crippen LogP contribution in [0.1, 0.15) is 27.0 Å². The van der Waals surface area contributed by atoms with Gasteiger partial charge in [-0.3, -0.25) is 4.79 Å². The molecule has 2 aromatic carbocycles. The molecule has 0 aliphatic carbocycles. The fraction of sp³-hybridized carbons (Fsp3) is 0.125. The average molecular weight is 331 g/mol. The monoisotopic (exact) mass is 330 g/mol. The zero-order chi connectivity index (χ0) is 14.5. The van der Waals surface area contributed by atoms with Crippen molar-refractivity contribution in [2.24, 2.45) is 5.10 Å². The van der Waals surface area contributed by atoms with Crippen LogP contribution in [0.4, 0.5) is 0 Å². The van der Waals surface area contributed by atoms with Crippen LogP contribution in [-0.4, -0.2) is 12.1 Å². The summed E-state index contributed by atoms with van der Waals surface area (Å²) in [7, 11) is 0. The molecule has 1 amide bonds. The first-order valence-electron chi connectivity index (χ1n) is 6.22. The van der Waals surface area contributed by atoms with Crippen LogP contribution in [0.15, 0.2) is 52.0 Å². The Labute approximate surface area is 126 Å². The molecule has 102 valence electrons. The Balaban J connectivity index is 2.02. The Morgan fingerprint density at radius 1 is 1.15 bits per heavy atom. The predicted octanol–water partition coefficient (Wildman–Crippen LogP) is 3.83. The lowest BCUT2D eigenvalue weighted by Crippen LogP contribution is -2.17. The van der Waals surface area contributed by atoms with E-state index in [2.05, 4.69) is 33.4 Å². The van der Waals surface area contributed by atoms with Gasteiger partial charge >= 0.3 is 0 Å². The second-order valence-corrected chi connectivity index (χ2v) is 5.47. The van der Waals surface area contributed by atoms with Crippen molar-refractivity contribution in [1.82, 2.24) is 5.43 Å². The number of nitrogens with zero attached hydrogens (tertiary/aromatic N) is 1. The standard InChI is InChI=1S/C16H15BrN2O/c1-11-6-7-13(8-12(11)2)10-18-19-16(20)14-4-3-5-15(17)9-14/h3-10H,1-2H3,(H,19,20)/b18-10+. The average Bonchev–Trinajstić information content (AvgIpc) is 2.42. The van der Waals surface area contributed by atoms with Crippen molar-refractivity contribution in [2.75, 3.05) is 0 Å². The minimum atomic E-state index is -0.230. The van der Waals surface area contributed by atoms with E-state index in [-0.39, 0.29) is 5.91 Å². The van der Waals surface area contributed by atoms with Crippen molar-refractivity contribution in [3.63, 3.8) is 0 Å². The van der Waals surface area contributed by atoms with Gasteiger partial charge in [0, 0.05) is 10.0 Å². The highest BCUT2D eigenvalue weighted by Crippen LogP contribution is 2.11. The minimum Gasteiger partial charge on any atom is -0.267 e. The SMILES string of the molecule is Cc1ccc(/C=N/NC(=O)c2cccc(Br)c2)cc1C. The molecule has 0 heterocycles. The molecule has 0 fully saturated rings. The molecule has 3 nitrogen and oxygen atoms in total. The van der Waals surface area contributed by atoms with E-state index in [1.807, 2.05) is 37.3 Å². The summed E-state index contributed by atoms with van der Waals surface area (Å²) in [5.74, 6) is -0.230. The highest BCUT2D eigenvalue weighted by Gasteiger charge is 2.03. The number of hydrogen-bond donors (Lipinski definition) is 1. The molecule has 0 unspecified atom stereocenters. The zero-order valence-corrected chi connectivity index (χ0v) is 12.9. The lowest BCUT2D eigenvalue weighted by molar-refractivity contribution is 0.0955. The second kappa shape index (κ2) is 6.48. The van der Waals surface area contributed by atoms with Gasteiger partial charge in [-0.15, -0.1) is 0 Å². The molecule has 0 radical (unpaired) electrons. The summed E-state index contributed by atoms with van der Waals surface area (Å²) in [4.78, 5) is 11.9. The number of aryl methyl sites for hydroxylation is 2. The second-order valence-electron chi connectivity index (χ2n) is 4.55. The maximum atomic E-state index is 11.9. The van der Waals surface area contributed by atoms with Crippen molar-refractivity contribution in [3.8, 4) is 0 Å². The number of amides is 1. The largest absolute Gasteiger partial charge is 0.271 e. The van der Waals surface area contributed by atoms with Crippen molar-refractivity contribution < 1.29 is 4.79 Å². The first-order chi connectivity index (χ1) is 9.56. The van der Waals surface area contributed by atoms with E-state index in [4.69, 9.17) is 0 Å². The Bertz CT molecular complexity index is 665. The van der Waals surface area contributed by atoms with Gasteiger partial charge in [-0.05, 0) is 48.7 Å². The van der Waals surface area contributed by atoms with Gasteiger partial charge in [0.15, 0.2) is 0 Å². The summed E-state index contributed by atoms with van der Waals surface area (Å²) in [5.41, 5.74) is 6.48. The van der Waals surface area contributed by atoms with Crippen molar-refractivity contribution in [3.05, 3.63) is 69.2 Å². The lowest BCUT2D eigenvalue weighted by atomic mass is 10.1. The van der Waals surface area contributed by atoms with Crippen LogP contribution in [0.25, 0.3) is 0 Å². The molecular formula is C16H15BrN2O. The lowest BCUT2D eigenvalue weighted by Gasteiger charge is -2.02. The molecule has 0 bridgehead atoms. The van der Waals surface area contributed by atoms with Crippen molar-refractivity contribution >= 4 is 28.1 Å². The molecule has 4 heteroatoms. The Kier molecular flexibility index (Phi) is 4.69. The first-order valence-corrected chi connectivity index (χ1v) is 7.02. The van der Waals surface area contributed by atoms with Gasteiger partial charge in [0.25, 0.3) is 5.91 Å². The van der Waals surface area contributed by atoms with Crippen LogP contribution in [0, 0.1) is 13.8 Å². The van der Waals surface area contributed by atoms with Gasteiger partial charge in [-0.2, -0.15) is 5.10 Å². The third-order valence-electron chi connectivity index (χ3n) is 3.00. The normalized spacial score (nSPS) is 10.8.